The first-order chi connectivity index (χ1) is 6.79. The molecule has 2 rings (SSSR count). The minimum atomic E-state index is -0.354. The maximum Gasteiger partial charge on any atom is 0.130 e. The second kappa shape index (κ2) is 3.74. The number of benzene rings is 1. The molecule has 2 heteroatoms. The Labute approximate surface area is 81.6 Å². The molecule has 0 N–H and O–H groups in total. The van der Waals surface area contributed by atoms with Gasteiger partial charge < -0.3 is 0 Å². The molecule has 0 fully saturated rings. The van der Waals surface area contributed by atoms with E-state index in [1.807, 2.05) is 0 Å². The van der Waals surface area contributed by atoms with Gasteiger partial charge in [-0.25, -0.2) is 8.78 Å². The van der Waals surface area contributed by atoms with Gasteiger partial charge in [0.05, 0.1) is 0 Å². The van der Waals surface area contributed by atoms with Gasteiger partial charge in [-0.05, 0) is 30.6 Å². The molecular weight excluding hydrogens is 182 g/mol. The molecule has 0 aliphatic heterocycles. The Kier molecular flexibility index (Phi) is 2.44. The van der Waals surface area contributed by atoms with Crippen LogP contribution in [0, 0.1) is 5.82 Å². The maximum absolute atomic E-state index is 13.3. The van der Waals surface area contributed by atoms with Crippen molar-refractivity contribution in [2.45, 2.75) is 12.8 Å². The molecule has 14 heavy (non-hydrogen) atoms. The van der Waals surface area contributed by atoms with Crippen LogP contribution < -0.4 is 0 Å². The fourth-order valence-corrected chi connectivity index (χ4v) is 1.60. The quantitative estimate of drug-likeness (QED) is 0.633. The van der Waals surface area contributed by atoms with E-state index < -0.39 is 0 Å². The highest BCUT2D eigenvalue weighted by Crippen LogP contribution is 2.30. The summed E-state index contributed by atoms with van der Waals surface area (Å²) < 4.78 is 26.7. The molecule has 0 heterocycles. The lowest BCUT2D eigenvalue weighted by atomic mass is 9.96. The summed E-state index contributed by atoms with van der Waals surface area (Å²) >= 11 is 0. The van der Waals surface area contributed by atoms with Crippen molar-refractivity contribution >= 4 is 5.57 Å². The Morgan fingerprint density at radius 1 is 1.07 bits per heavy atom. The van der Waals surface area contributed by atoms with E-state index in [1.165, 1.54) is 12.1 Å². The first-order valence-corrected chi connectivity index (χ1v) is 4.59. The van der Waals surface area contributed by atoms with Crippen LogP contribution in [0.15, 0.2) is 42.2 Å². The van der Waals surface area contributed by atoms with Crippen LogP contribution in [0.3, 0.4) is 0 Å². The van der Waals surface area contributed by atoms with E-state index in [-0.39, 0.29) is 11.6 Å². The smallest absolute Gasteiger partial charge is 0.130 e. The van der Waals surface area contributed by atoms with Crippen LogP contribution in [-0.2, 0) is 0 Å². The van der Waals surface area contributed by atoms with E-state index in [0.717, 1.165) is 6.42 Å². The summed E-state index contributed by atoms with van der Waals surface area (Å²) in [5.74, 6) is -0.672. The average Bonchev–Trinajstić information content (AvgIpc) is 2.20. The van der Waals surface area contributed by atoms with Crippen LogP contribution in [0.1, 0.15) is 18.4 Å². The topological polar surface area (TPSA) is 0 Å². The lowest BCUT2D eigenvalue weighted by Gasteiger charge is -2.11. The zero-order valence-electron chi connectivity index (χ0n) is 7.63. The molecule has 72 valence electrons. The molecule has 0 spiro atoms. The van der Waals surface area contributed by atoms with Gasteiger partial charge >= 0.3 is 0 Å². The SMILES string of the molecule is FC1=C(c2ccccc2F)CCC=C1. The molecule has 0 bridgehead atoms. The predicted molar refractivity (Wildman–Crippen MR) is 52.8 cm³/mol. The van der Waals surface area contributed by atoms with Crippen LogP contribution >= 0.6 is 0 Å². The van der Waals surface area contributed by atoms with Gasteiger partial charge in [-0.15, -0.1) is 0 Å². The van der Waals surface area contributed by atoms with Gasteiger partial charge in [0.1, 0.15) is 11.6 Å². The molecule has 0 radical (unpaired) electrons. The highest BCUT2D eigenvalue weighted by molar-refractivity contribution is 5.70. The molecule has 0 saturated carbocycles. The molecule has 1 aliphatic carbocycles. The Bertz CT molecular complexity index is 403. The van der Waals surface area contributed by atoms with E-state index in [2.05, 4.69) is 0 Å². The molecule has 1 aliphatic rings. The van der Waals surface area contributed by atoms with Crippen molar-refractivity contribution in [1.29, 1.82) is 0 Å². The molecule has 0 saturated heterocycles. The third-order valence-electron chi connectivity index (χ3n) is 2.31. The van der Waals surface area contributed by atoms with Crippen LogP contribution in [0.25, 0.3) is 5.57 Å². The zero-order valence-corrected chi connectivity index (χ0v) is 7.63. The average molecular weight is 192 g/mol. The summed E-state index contributed by atoms with van der Waals surface area (Å²) in [6.45, 7) is 0. The molecule has 0 aromatic heterocycles. The predicted octanol–water partition coefficient (Wildman–Crippen LogP) is 3.86. The standard InChI is InChI=1S/C12H10F2/c13-11-7-3-1-5-9(11)10-6-2-4-8-12(10)14/h1,3-5,7-8H,2,6H2. The van der Waals surface area contributed by atoms with Gasteiger partial charge in [0.2, 0.25) is 0 Å². The second-order valence-corrected chi connectivity index (χ2v) is 3.25. The second-order valence-electron chi connectivity index (χ2n) is 3.25. The van der Waals surface area contributed by atoms with Gasteiger partial charge in [0.15, 0.2) is 0 Å². The lowest BCUT2D eigenvalue weighted by Crippen LogP contribution is -1.94. The largest absolute Gasteiger partial charge is 0.207 e. The highest BCUT2D eigenvalue weighted by Gasteiger charge is 2.13. The van der Waals surface area contributed by atoms with Gasteiger partial charge in [-0.2, -0.15) is 0 Å². The van der Waals surface area contributed by atoms with Crippen LogP contribution in [0.2, 0.25) is 0 Å². The fraction of sp³-hybridized carbons (Fsp3) is 0.167. The van der Waals surface area contributed by atoms with Crippen molar-refractivity contribution in [1.82, 2.24) is 0 Å². The number of allylic oxidation sites excluding steroid dienone is 4. The first-order valence-electron chi connectivity index (χ1n) is 4.59. The fourth-order valence-electron chi connectivity index (χ4n) is 1.60. The Balaban J connectivity index is 2.49. The summed E-state index contributed by atoms with van der Waals surface area (Å²) in [4.78, 5) is 0. The normalized spacial score (nSPS) is 16.1. The maximum atomic E-state index is 13.3. The lowest BCUT2D eigenvalue weighted by molar-refractivity contribution is 0.617. The van der Waals surface area contributed by atoms with Crippen molar-refractivity contribution in [3.63, 3.8) is 0 Å². The first kappa shape index (κ1) is 9.13. The van der Waals surface area contributed by atoms with Crippen molar-refractivity contribution in [2.24, 2.45) is 0 Å². The molecular formula is C12H10F2. The van der Waals surface area contributed by atoms with E-state index in [1.54, 1.807) is 24.3 Å². The molecule has 0 unspecified atom stereocenters. The number of halogens is 2. The molecule has 1 aromatic carbocycles. The minimum absolute atomic E-state index is 0.318. The Morgan fingerprint density at radius 3 is 2.57 bits per heavy atom. The summed E-state index contributed by atoms with van der Waals surface area (Å²) in [7, 11) is 0. The molecule has 0 atom stereocenters. The van der Waals surface area contributed by atoms with Gasteiger partial charge in [-0.3, -0.25) is 0 Å². The monoisotopic (exact) mass is 192 g/mol. The number of rotatable bonds is 1. The number of hydrogen-bond acceptors (Lipinski definition) is 0. The number of hydrogen-bond donors (Lipinski definition) is 0. The minimum Gasteiger partial charge on any atom is -0.207 e. The molecule has 1 aromatic rings. The van der Waals surface area contributed by atoms with Crippen molar-refractivity contribution in [3.05, 3.63) is 53.6 Å². The zero-order chi connectivity index (χ0) is 9.97. The van der Waals surface area contributed by atoms with Crippen LogP contribution in [0.5, 0.6) is 0 Å². The van der Waals surface area contributed by atoms with E-state index in [4.69, 9.17) is 0 Å². The summed E-state index contributed by atoms with van der Waals surface area (Å²) in [5.41, 5.74) is 0.861. The van der Waals surface area contributed by atoms with Crippen LogP contribution in [-0.4, -0.2) is 0 Å². The van der Waals surface area contributed by atoms with Crippen molar-refractivity contribution in [3.8, 4) is 0 Å². The summed E-state index contributed by atoms with van der Waals surface area (Å²) in [6.07, 6.45) is 4.52. The van der Waals surface area contributed by atoms with Crippen molar-refractivity contribution in [2.75, 3.05) is 0 Å². The third-order valence-corrected chi connectivity index (χ3v) is 2.31. The van der Waals surface area contributed by atoms with E-state index in [9.17, 15) is 8.78 Å². The summed E-state index contributed by atoms with van der Waals surface area (Å²) in [6, 6.07) is 6.30. The Morgan fingerprint density at radius 2 is 1.86 bits per heavy atom. The van der Waals surface area contributed by atoms with E-state index >= 15 is 0 Å². The molecule has 0 amide bonds. The van der Waals surface area contributed by atoms with Gasteiger partial charge in [0.25, 0.3) is 0 Å². The third kappa shape index (κ3) is 1.60. The van der Waals surface area contributed by atoms with Crippen molar-refractivity contribution < 1.29 is 8.78 Å². The van der Waals surface area contributed by atoms with Gasteiger partial charge in [-0.1, -0.05) is 24.3 Å². The van der Waals surface area contributed by atoms with Crippen LogP contribution in [0.4, 0.5) is 8.78 Å². The summed E-state index contributed by atoms with van der Waals surface area (Å²) in [5, 5.41) is 0. The van der Waals surface area contributed by atoms with E-state index in [0.29, 0.717) is 17.6 Å². The highest BCUT2D eigenvalue weighted by atomic mass is 19.1. The molecule has 0 nitrogen and oxygen atoms in total. The Hall–Kier alpha value is -1.44. The van der Waals surface area contributed by atoms with Gasteiger partial charge in [0, 0.05) is 5.56 Å².